The van der Waals surface area contributed by atoms with Crippen molar-refractivity contribution in [3.05, 3.63) is 81.1 Å². The Kier molecular flexibility index (Phi) is 6.43. The second-order valence-corrected chi connectivity index (χ2v) is 7.20. The molecule has 0 fully saturated rings. The summed E-state index contributed by atoms with van der Waals surface area (Å²) in [7, 11) is 0. The number of hydrogen-bond donors (Lipinski definition) is 2. The van der Waals surface area contributed by atoms with Crippen LogP contribution < -0.4 is 10.5 Å². The van der Waals surface area contributed by atoms with Gasteiger partial charge in [0, 0.05) is 28.1 Å². The molecule has 0 aliphatic heterocycles. The van der Waals surface area contributed by atoms with Gasteiger partial charge in [-0.05, 0) is 47.0 Å². The molecule has 3 rings (SSSR count). The van der Waals surface area contributed by atoms with E-state index in [-0.39, 0.29) is 45.5 Å². The van der Waals surface area contributed by atoms with Crippen LogP contribution in [0.1, 0.15) is 11.1 Å². The van der Waals surface area contributed by atoms with Crippen LogP contribution in [0.25, 0.3) is 11.1 Å². The topological polar surface area (TPSA) is 72.6 Å². The van der Waals surface area contributed by atoms with Crippen molar-refractivity contribution in [1.82, 2.24) is 0 Å². The fourth-order valence-corrected chi connectivity index (χ4v) is 3.42. The van der Waals surface area contributed by atoms with E-state index < -0.39 is 29.1 Å². The maximum Gasteiger partial charge on any atom is 0.255 e. The molecular weight excluding hydrogens is 442 g/mol. The number of benzene rings is 3. The molecule has 0 saturated carbocycles. The summed E-state index contributed by atoms with van der Waals surface area (Å²) in [4.78, 5) is 10.8. The normalized spacial score (nSPS) is 10.8. The highest BCUT2D eigenvalue weighted by Gasteiger charge is 2.17. The van der Waals surface area contributed by atoms with Crippen molar-refractivity contribution >= 4 is 29.1 Å². The smallest absolute Gasteiger partial charge is 0.255 e. The van der Waals surface area contributed by atoms with E-state index in [1.54, 1.807) is 0 Å². The van der Waals surface area contributed by atoms with Crippen LogP contribution in [-0.4, -0.2) is 17.6 Å². The number of hydrogen-bond acceptors (Lipinski definition) is 3. The summed E-state index contributed by atoms with van der Waals surface area (Å²) in [6, 6.07) is 8.06. The minimum atomic E-state index is -1.10. The van der Waals surface area contributed by atoms with E-state index >= 15 is 0 Å². The number of phenolic OH excluding ortho intramolecular Hbond substituents is 1. The van der Waals surface area contributed by atoms with Gasteiger partial charge in [-0.3, -0.25) is 4.79 Å². The quantitative estimate of drug-likeness (QED) is 0.533. The highest BCUT2D eigenvalue weighted by atomic mass is 35.5. The lowest BCUT2D eigenvalue weighted by Gasteiger charge is -2.13. The first-order valence-electron chi connectivity index (χ1n) is 8.51. The molecule has 156 valence electrons. The predicted molar refractivity (Wildman–Crippen MR) is 107 cm³/mol. The number of primary amides is 1. The van der Waals surface area contributed by atoms with Crippen LogP contribution in [0.5, 0.6) is 11.5 Å². The molecule has 3 aromatic rings. The van der Waals surface area contributed by atoms with E-state index in [2.05, 4.69) is 0 Å². The number of halogens is 5. The molecule has 3 N–H and O–H groups in total. The van der Waals surface area contributed by atoms with Crippen molar-refractivity contribution in [2.24, 2.45) is 5.73 Å². The second kappa shape index (κ2) is 8.85. The lowest BCUT2D eigenvalue weighted by molar-refractivity contribution is -0.119. The molecule has 0 spiro atoms. The lowest BCUT2D eigenvalue weighted by Crippen LogP contribution is -2.20. The fourth-order valence-electron chi connectivity index (χ4n) is 2.81. The number of carbonyl (C=O) groups is 1. The molecule has 9 heteroatoms. The molecule has 0 aliphatic carbocycles. The summed E-state index contributed by atoms with van der Waals surface area (Å²) >= 11 is 12.5. The molecule has 1 amide bonds. The van der Waals surface area contributed by atoms with Crippen molar-refractivity contribution in [2.75, 3.05) is 6.61 Å². The lowest BCUT2D eigenvalue weighted by atomic mass is 9.97. The largest absolute Gasteiger partial charge is 0.507 e. The summed E-state index contributed by atoms with van der Waals surface area (Å²) in [5.74, 6) is -3.79. The predicted octanol–water partition coefficient (Wildman–Crippen LogP) is 5.24. The third kappa shape index (κ3) is 4.80. The molecule has 3 aromatic carbocycles. The summed E-state index contributed by atoms with van der Waals surface area (Å²) < 4.78 is 46.4. The van der Waals surface area contributed by atoms with Gasteiger partial charge in [-0.1, -0.05) is 29.3 Å². The second-order valence-electron chi connectivity index (χ2n) is 6.39. The number of rotatable bonds is 6. The number of nitrogens with two attached hydrogens (primary N) is 1. The maximum atomic E-state index is 14.5. The van der Waals surface area contributed by atoms with Crippen LogP contribution in [0.3, 0.4) is 0 Å². The Bertz CT molecular complexity index is 1120. The molecular formula is C21H14Cl2F3NO3. The van der Waals surface area contributed by atoms with E-state index in [0.29, 0.717) is 5.56 Å². The van der Waals surface area contributed by atoms with Gasteiger partial charge in [-0.2, -0.15) is 0 Å². The molecule has 0 atom stereocenters. The minimum absolute atomic E-state index is 0.0590. The third-order valence-electron chi connectivity index (χ3n) is 4.26. The molecule has 0 bridgehead atoms. The van der Waals surface area contributed by atoms with Crippen LogP contribution in [0.2, 0.25) is 10.0 Å². The van der Waals surface area contributed by atoms with Gasteiger partial charge in [0.15, 0.2) is 18.2 Å². The monoisotopic (exact) mass is 455 g/mol. The number of phenols is 1. The van der Waals surface area contributed by atoms with Crippen molar-refractivity contribution in [3.63, 3.8) is 0 Å². The van der Waals surface area contributed by atoms with E-state index in [4.69, 9.17) is 33.7 Å². The summed E-state index contributed by atoms with van der Waals surface area (Å²) in [5, 5.41) is 10.4. The zero-order valence-electron chi connectivity index (χ0n) is 15.2. The molecule has 30 heavy (non-hydrogen) atoms. The molecule has 0 aromatic heterocycles. The van der Waals surface area contributed by atoms with E-state index in [1.165, 1.54) is 24.3 Å². The van der Waals surface area contributed by atoms with Crippen LogP contribution in [0, 0.1) is 17.5 Å². The van der Waals surface area contributed by atoms with Crippen LogP contribution in [0.15, 0.2) is 42.5 Å². The zero-order valence-corrected chi connectivity index (χ0v) is 16.7. The van der Waals surface area contributed by atoms with E-state index in [1.807, 2.05) is 0 Å². The maximum absolute atomic E-state index is 14.5. The summed E-state index contributed by atoms with van der Waals surface area (Å²) in [6.07, 6.45) is -0.0590. The van der Waals surface area contributed by atoms with Gasteiger partial charge < -0.3 is 15.6 Å². The average molecular weight is 456 g/mol. The third-order valence-corrected chi connectivity index (χ3v) is 4.93. The first kappa shape index (κ1) is 21.8. The molecule has 0 unspecified atom stereocenters. The summed E-state index contributed by atoms with van der Waals surface area (Å²) in [5.41, 5.74) is 5.78. The molecule has 0 saturated heterocycles. The SMILES string of the molecule is NC(=O)COc1cc(Cl)c(Cc2cc(-c3ccc(F)c(F)c3)c(O)cc2F)c(Cl)c1. The Morgan fingerprint density at radius 1 is 0.967 bits per heavy atom. The first-order chi connectivity index (χ1) is 14.2. The van der Waals surface area contributed by atoms with Crippen LogP contribution in [-0.2, 0) is 11.2 Å². The van der Waals surface area contributed by atoms with Gasteiger partial charge in [0.1, 0.15) is 17.3 Å². The van der Waals surface area contributed by atoms with Gasteiger partial charge in [0.05, 0.1) is 0 Å². The van der Waals surface area contributed by atoms with Crippen LogP contribution >= 0.6 is 23.2 Å². The van der Waals surface area contributed by atoms with Gasteiger partial charge in [0.2, 0.25) is 0 Å². The van der Waals surface area contributed by atoms with Gasteiger partial charge in [-0.15, -0.1) is 0 Å². The number of amides is 1. The molecule has 0 heterocycles. The van der Waals surface area contributed by atoms with Gasteiger partial charge in [-0.25, -0.2) is 13.2 Å². The zero-order chi connectivity index (χ0) is 22.0. The van der Waals surface area contributed by atoms with Crippen molar-refractivity contribution in [1.29, 1.82) is 0 Å². The highest BCUT2D eigenvalue weighted by molar-refractivity contribution is 6.36. The minimum Gasteiger partial charge on any atom is -0.507 e. The number of ether oxygens (including phenoxy) is 1. The van der Waals surface area contributed by atoms with Crippen molar-refractivity contribution in [3.8, 4) is 22.6 Å². The van der Waals surface area contributed by atoms with Crippen LogP contribution in [0.4, 0.5) is 13.2 Å². The van der Waals surface area contributed by atoms with Crippen molar-refractivity contribution in [2.45, 2.75) is 6.42 Å². The summed E-state index contributed by atoms with van der Waals surface area (Å²) in [6.45, 7) is -0.365. The Balaban J connectivity index is 1.97. The Hall–Kier alpha value is -2.90. The van der Waals surface area contributed by atoms with Gasteiger partial charge >= 0.3 is 0 Å². The standard InChI is InChI=1S/C21H14Cl2F3NO3/c22-15-6-12(30-9-21(27)29)7-16(23)14(15)4-11-3-13(20(28)8-18(11)25)10-1-2-17(24)19(26)5-10/h1-3,5-8,28H,4,9H2,(H2,27,29). The van der Waals surface area contributed by atoms with E-state index in [0.717, 1.165) is 18.2 Å². The van der Waals surface area contributed by atoms with Crippen molar-refractivity contribution < 1.29 is 27.8 Å². The Labute approximate surface area is 179 Å². The average Bonchev–Trinajstić information content (AvgIpc) is 2.66. The Morgan fingerprint density at radius 3 is 2.23 bits per heavy atom. The van der Waals surface area contributed by atoms with E-state index in [9.17, 15) is 23.1 Å². The number of carbonyl (C=O) groups excluding carboxylic acids is 1. The molecule has 0 radical (unpaired) electrons. The fraction of sp³-hybridized carbons (Fsp3) is 0.0952. The Morgan fingerprint density at radius 2 is 1.63 bits per heavy atom. The highest BCUT2D eigenvalue weighted by Crippen LogP contribution is 2.36. The van der Waals surface area contributed by atoms with Gasteiger partial charge in [0.25, 0.3) is 5.91 Å². The molecule has 0 aliphatic rings. The number of aromatic hydroxyl groups is 1. The first-order valence-corrected chi connectivity index (χ1v) is 9.27. The molecule has 4 nitrogen and oxygen atoms in total.